The number of alkyl halides is 2. The maximum absolute atomic E-state index is 12.0. The molecular formula is C11H12F2O4. The van der Waals surface area contributed by atoms with Crippen molar-refractivity contribution in [2.45, 2.75) is 37.9 Å². The molecule has 1 saturated heterocycles. The smallest absolute Gasteiger partial charge is 0.312 e. The summed E-state index contributed by atoms with van der Waals surface area (Å²) < 4.78 is 34.2. The van der Waals surface area contributed by atoms with Crippen LogP contribution in [0.3, 0.4) is 0 Å². The Bertz CT molecular complexity index is 370. The Hall–Kier alpha value is -1.20. The van der Waals surface area contributed by atoms with Gasteiger partial charge >= 0.3 is 11.9 Å². The Morgan fingerprint density at radius 2 is 2.24 bits per heavy atom. The lowest BCUT2D eigenvalue weighted by molar-refractivity contribution is -0.164. The molecule has 5 atom stereocenters. The molecule has 3 fully saturated rings. The lowest BCUT2D eigenvalue weighted by Gasteiger charge is -2.25. The fraction of sp³-hybridized carbons (Fsp3) is 0.818. The third-order valence-electron chi connectivity index (χ3n) is 4.00. The first-order chi connectivity index (χ1) is 8.06. The summed E-state index contributed by atoms with van der Waals surface area (Å²) in [5, 5.41) is 0. The number of hydrogen-bond donors (Lipinski definition) is 0. The van der Waals surface area contributed by atoms with Crippen LogP contribution >= 0.6 is 0 Å². The summed E-state index contributed by atoms with van der Waals surface area (Å²) in [6.07, 6.45) is -3.03. The first-order valence-corrected chi connectivity index (χ1v) is 5.74. The van der Waals surface area contributed by atoms with Crippen LogP contribution in [0, 0.1) is 17.8 Å². The molecule has 6 heteroatoms. The lowest BCUT2D eigenvalue weighted by atomic mass is 9.88. The molecule has 2 bridgehead atoms. The highest BCUT2D eigenvalue weighted by atomic mass is 19.3. The monoisotopic (exact) mass is 246 g/mol. The van der Waals surface area contributed by atoms with E-state index in [0.717, 1.165) is 6.42 Å². The van der Waals surface area contributed by atoms with Crippen LogP contribution in [0.5, 0.6) is 0 Å². The van der Waals surface area contributed by atoms with E-state index in [-0.39, 0.29) is 23.7 Å². The molecule has 3 aliphatic rings. The zero-order valence-corrected chi connectivity index (χ0v) is 8.97. The molecule has 2 saturated carbocycles. The van der Waals surface area contributed by atoms with E-state index in [0.29, 0.717) is 6.42 Å². The van der Waals surface area contributed by atoms with E-state index < -0.39 is 31.0 Å². The average molecular weight is 246 g/mol. The van der Waals surface area contributed by atoms with Crippen LogP contribution in [-0.2, 0) is 19.1 Å². The van der Waals surface area contributed by atoms with Crippen LogP contribution in [0.25, 0.3) is 0 Å². The molecular weight excluding hydrogens is 234 g/mol. The van der Waals surface area contributed by atoms with Gasteiger partial charge in [-0.25, -0.2) is 8.78 Å². The zero-order chi connectivity index (χ0) is 12.2. The SMILES string of the molecule is O=C(CC(F)F)OC1C2CC3C(=O)OC1C3C2. The van der Waals surface area contributed by atoms with Crippen molar-refractivity contribution in [3.8, 4) is 0 Å². The summed E-state index contributed by atoms with van der Waals surface area (Å²) in [7, 11) is 0. The van der Waals surface area contributed by atoms with Gasteiger partial charge in [-0.05, 0) is 12.8 Å². The number of ether oxygens (including phenoxy) is 2. The minimum absolute atomic E-state index is 0.0601. The minimum Gasteiger partial charge on any atom is -0.458 e. The van der Waals surface area contributed by atoms with Gasteiger partial charge < -0.3 is 9.47 Å². The molecule has 4 nitrogen and oxygen atoms in total. The van der Waals surface area contributed by atoms with Crippen molar-refractivity contribution in [1.29, 1.82) is 0 Å². The van der Waals surface area contributed by atoms with E-state index in [1.165, 1.54) is 0 Å². The van der Waals surface area contributed by atoms with Gasteiger partial charge in [0.15, 0.2) is 0 Å². The number of hydrogen-bond acceptors (Lipinski definition) is 4. The van der Waals surface area contributed by atoms with Crippen molar-refractivity contribution < 1.29 is 27.8 Å². The standard InChI is InChI=1S/C11H12F2O4/c12-7(13)3-8(14)16-9-4-1-5-6(2-4)11(15)17-10(5)9/h4-7,9-10H,1-3H2. The Morgan fingerprint density at radius 1 is 1.47 bits per heavy atom. The number of carbonyl (C=O) groups is 2. The Morgan fingerprint density at radius 3 is 2.94 bits per heavy atom. The van der Waals surface area contributed by atoms with E-state index in [1.54, 1.807) is 0 Å². The lowest BCUT2D eigenvalue weighted by Crippen LogP contribution is -2.36. The molecule has 0 spiro atoms. The molecule has 0 aromatic carbocycles. The summed E-state index contributed by atoms with van der Waals surface area (Å²) in [6, 6.07) is 0. The van der Waals surface area contributed by atoms with Crippen molar-refractivity contribution in [3.05, 3.63) is 0 Å². The van der Waals surface area contributed by atoms with Gasteiger partial charge in [-0.1, -0.05) is 0 Å². The molecule has 0 aromatic rings. The van der Waals surface area contributed by atoms with Gasteiger partial charge in [-0.3, -0.25) is 9.59 Å². The normalized spacial score (nSPS) is 42.1. The van der Waals surface area contributed by atoms with Gasteiger partial charge in [0, 0.05) is 11.8 Å². The third-order valence-corrected chi connectivity index (χ3v) is 4.00. The van der Waals surface area contributed by atoms with Crippen molar-refractivity contribution >= 4 is 11.9 Å². The second-order valence-electron chi connectivity index (χ2n) is 4.95. The summed E-state index contributed by atoms with van der Waals surface area (Å²) in [4.78, 5) is 22.6. The van der Waals surface area contributed by atoms with E-state index >= 15 is 0 Å². The number of rotatable bonds is 3. The first kappa shape index (κ1) is 10.9. The summed E-state index contributed by atoms with van der Waals surface area (Å²) >= 11 is 0. The average Bonchev–Trinajstić information content (AvgIpc) is 2.80. The predicted octanol–water partition coefficient (Wildman–Crippen LogP) is 1.13. The van der Waals surface area contributed by atoms with Gasteiger partial charge in [-0.15, -0.1) is 0 Å². The summed E-state index contributed by atoms with van der Waals surface area (Å²) in [6.45, 7) is 0. The highest BCUT2D eigenvalue weighted by Crippen LogP contribution is 2.55. The van der Waals surface area contributed by atoms with E-state index in [2.05, 4.69) is 0 Å². The molecule has 1 heterocycles. The molecule has 1 aliphatic heterocycles. The summed E-state index contributed by atoms with van der Waals surface area (Å²) in [5.74, 6) is -0.970. The van der Waals surface area contributed by atoms with E-state index in [4.69, 9.17) is 9.47 Å². The molecule has 2 aliphatic carbocycles. The van der Waals surface area contributed by atoms with Crippen molar-refractivity contribution in [1.82, 2.24) is 0 Å². The highest BCUT2D eigenvalue weighted by Gasteiger charge is 2.63. The van der Waals surface area contributed by atoms with Crippen molar-refractivity contribution in [2.24, 2.45) is 17.8 Å². The van der Waals surface area contributed by atoms with Gasteiger partial charge in [0.1, 0.15) is 18.6 Å². The molecule has 94 valence electrons. The van der Waals surface area contributed by atoms with Crippen LogP contribution < -0.4 is 0 Å². The highest BCUT2D eigenvalue weighted by molar-refractivity contribution is 5.77. The maximum atomic E-state index is 12.0. The number of halogens is 2. The Balaban J connectivity index is 1.66. The van der Waals surface area contributed by atoms with Crippen LogP contribution in [0.15, 0.2) is 0 Å². The molecule has 3 rings (SSSR count). The van der Waals surface area contributed by atoms with Crippen LogP contribution in [-0.4, -0.2) is 30.6 Å². The van der Waals surface area contributed by atoms with Gasteiger partial charge in [0.05, 0.1) is 5.92 Å². The Labute approximate surface area is 96.3 Å². The number of carbonyl (C=O) groups excluding carboxylic acids is 2. The van der Waals surface area contributed by atoms with Gasteiger partial charge in [0.2, 0.25) is 6.43 Å². The van der Waals surface area contributed by atoms with Gasteiger partial charge in [-0.2, -0.15) is 0 Å². The molecule has 17 heavy (non-hydrogen) atoms. The second-order valence-corrected chi connectivity index (χ2v) is 4.95. The molecule has 0 amide bonds. The van der Waals surface area contributed by atoms with Crippen molar-refractivity contribution in [2.75, 3.05) is 0 Å². The number of fused-ring (bicyclic) bond motifs is 1. The largest absolute Gasteiger partial charge is 0.458 e. The fourth-order valence-corrected chi connectivity index (χ4v) is 3.39. The topological polar surface area (TPSA) is 52.6 Å². The van der Waals surface area contributed by atoms with Crippen molar-refractivity contribution in [3.63, 3.8) is 0 Å². The molecule has 0 N–H and O–H groups in total. The van der Waals surface area contributed by atoms with Crippen LogP contribution in [0.4, 0.5) is 8.78 Å². The zero-order valence-electron chi connectivity index (χ0n) is 8.97. The number of esters is 2. The van der Waals surface area contributed by atoms with E-state index in [1.807, 2.05) is 0 Å². The third kappa shape index (κ3) is 1.61. The molecule has 0 radical (unpaired) electrons. The Kier molecular flexibility index (Phi) is 2.34. The van der Waals surface area contributed by atoms with Crippen LogP contribution in [0.1, 0.15) is 19.3 Å². The molecule has 0 aromatic heterocycles. The van der Waals surface area contributed by atoms with Crippen LogP contribution in [0.2, 0.25) is 0 Å². The predicted molar refractivity (Wildman–Crippen MR) is 50.1 cm³/mol. The first-order valence-electron chi connectivity index (χ1n) is 5.74. The maximum Gasteiger partial charge on any atom is 0.312 e. The molecule has 5 unspecified atom stereocenters. The minimum atomic E-state index is -2.69. The van der Waals surface area contributed by atoms with E-state index in [9.17, 15) is 18.4 Å². The summed E-state index contributed by atoms with van der Waals surface area (Å²) in [5.41, 5.74) is 0. The second kappa shape index (κ2) is 3.65. The van der Waals surface area contributed by atoms with Gasteiger partial charge in [0.25, 0.3) is 0 Å². The quantitative estimate of drug-likeness (QED) is 0.700. The fourth-order valence-electron chi connectivity index (χ4n) is 3.39.